The Balaban J connectivity index is 1.81. The summed E-state index contributed by atoms with van der Waals surface area (Å²) < 4.78 is 5.06. The average Bonchev–Trinajstić information content (AvgIpc) is 2.82. The van der Waals surface area contributed by atoms with Crippen LogP contribution in [0.25, 0.3) is 0 Å². The fourth-order valence-corrected chi connectivity index (χ4v) is 3.47. The molecule has 1 saturated heterocycles. The Bertz CT molecular complexity index is 370. The highest BCUT2D eigenvalue weighted by molar-refractivity contribution is 5.84. The van der Waals surface area contributed by atoms with Crippen LogP contribution >= 0.6 is 0 Å². The van der Waals surface area contributed by atoms with Gasteiger partial charge in [0.25, 0.3) is 0 Å². The Hall–Kier alpha value is -1.10. The molecule has 2 fully saturated rings. The van der Waals surface area contributed by atoms with Crippen molar-refractivity contribution in [3.05, 3.63) is 0 Å². The number of nitrogens with one attached hydrogen (secondary N) is 2. The number of carbonyl (C=O) groups excluding carboxylic acids is 2. The summed E-state index contributed by atoms with van der Waals surface area (Å²) in [6.07, 6.45) is 4.60. The third kappa shape index (κ3) is 3.32. The van der Waals surface area contributed by atoms with Gasteiger partial charge in [-0.25, -0.2) is 0 Å². The van der Waals surface area contributed by atoms with Crippen molar-refractivity contribution in [2.45, 2.75) is 52.1 Å². The normalized spacial score (nSPS) is 29.1. The number of rotatable bonds is 5. The van der Waals surface area contributed by atoms with Crippen molar-refractivity contribution in [2.24, 2.45) is 11.3 Å². The van der Waals surface area contributed by atoms with Crippen molar-refractivity contribution >= 4 is 11.9 Å². The van der Waals surface area contributed by atoms with Crippen LogP contribution in [0.15, 0.2) is 0 Å². The lowest BCUT2D eigenvalue weighted by molar-refractivity contribution is -0.147. The summed E-state index contributed by atoms with van der Waals surface area (Å²) in [5, 5.41) is 6.30. The lowest BCUT2D eigenvalue weighted by Crippen LogP contribution is -2.48. The Morgan fingerprint density at radius 1 is 1.40 bits per heavy atom. The largest absolute Gasteiger partial charge is 0.463 e. The predicted octanol–water partition coefficient (Wildman–Crippen LogP) is 1.22. The molecule has 2 N–H and O–H groups in total. The Labute approximate surface area is 120 Å². The Kier molecular flexibility index (Phi) is 5.02. The molecule has 1 amide bonds. The van der Waals surface area contributed by atoms with Crippen LogP contribution in [-0.4, -0.2) is 37.6 Å². The number of esters is 1. The highest BCUT2D eigenvalue weighted by Gasteiger charge is 2.49. The van der Waals surface area contributed by atoms with Gasteiger partial charge in [-0.15, -0.1) is 0 Å². The van der Waals surface area contributed by atoms with Crippen LogP contribution < -0.4 is 10.6 Å². The maximum absolute atomic E-state index is 12.5. The van der Waals surface area contributed by atoms with Crippen LogP contribution in [0.4, 0.5) is 0 Å². The minimum Gasteiger partial charge on any atom is -0.463 e. The van der Waals surface area contributed by atoms with Gasteiger partial charge in [-0.05, 0) is 39.2 Å². The molecular weight excluding hydrogens is 256 g/mol. The summed E-state index contributed by atoms with van der Waals surface area (Å²) in [6, 6.07) is 0. The van der Waals surface area contributed by atoms with Crippen molar-refractivity contribution in [1.29, 1.82) is 0 Å². The van der Waals surface area contributed by atoms with Crippen LogP contribution in [0.3, 0.4) is 0 Å². The summed E-state index contributed by atoms with van der Waals surface area (Å²) in [7, 11) is 0. The molecule has 114 valence electrons. The fraction of sp³-hybridized carbons (Fsp3) is 0.867. The van der Waals surface area contributed by atoms with E-state index in [0.29, 0.717) is 12.5 Å². The van der Waals surface area contributed by atoms with Gasteiger partial charge in [-0.1, -0.05) is 12.8 Å². The minimum atomic E-state index is -0.248. The smallest absolute Gasteiger partial charge is 0.307 e. The lowest BCUT2D eigenvalue weighted by atomic mass is 9.67. The van der Waals surface area contributed by atoms with Crippen LogP contribution in [0.1, 0.15) is 46.0 Å². The number of carbonyl (C=O) groups is 2. The second-order valence-electron chi connectivity index (χ2n) is 6.27. The Morgan fingerprint density at radius 2 is 2.20 bits per heavy atom. The molecule has 1 aliphatic carbocycles. The maximum Gasteiger partial charge on any atom is 0.307 e. The molecule has 0 radical (unpaired) electrons. The molecule has 1 aliphatic heterocycles. The molecule has 0 unspecified atom stereocenters. The van der Waals surface area contributed by atoms with Gasteiger partial charge in [0.1, 0.15) is 0 Å². The first kappa shape index (κ1) is 15.3. The average molecular weight is 282 g/mol. The summed E-state index contributed by atoms with van der Waals surface area (Å²) >= 11 is 0. The zero-order valence-corrected chi connectivity index (χ0v) is 12.5. The molecule has 5 nitrogen and oxygen atoms in total. The van der Waals surface area contributed by atoms with Crippen molar-refractivity contribution in [1.82, 2.24) is 10.6 Å². The van der Waals surface area contributed by atoms with Gasteiger partial charge in [0.05, 0.1) is 17.9 Å². The first-order valence-corrected chi connectivity index (χ1v) is 7.73. The van der Waals surface area contributed by atoms with E-state index in [9.17, 15) is 9.59 Å². The van der Waals surface area contributed by atoms with Gasteiger partial charge in [0, 0.05) is 13.1 Å². The van der Waals surface area contributed by atoms with E-state index in [1.54, 1.807) is 0 Å². The number of fused-ring (bicyclic) bond motifs is 1. The zero-order valence-electron chi connectivity index (χ0n) is 12.5. The summed E-state index contributed by atoms with van der Waals surface area (Å²) in [6.45, 7) is 5.75. The zero-order chi connectivity index (χ0) is 14.6. The summed E-state index contributed by atoms with van der Waals surface area (Å²) in [5.74, 6) is 0.325. The quantitative estimate of drug-likeness (QED) is 0.744. The minimum absolute atomic E-state index is 0.0986. The van der Waals surface area contributed by atoms with E-state index in [1.807, 2.05) is 13.8 Å². The van der Waals surface area contributed by atoms with Gasteiger partial charge in [-0.2, -0.15) is 0 Å². The molecule has 1 saturated carbocycles. The fourth-order valence-electron chi connectivity index (χ4n) is 3.47. The summed E-state index contributed by atoms with van der Waals surface area (Å²) in [5.41, 5.74) is -0.236. The lowest BCUT2D eigenvalue weighted by Gasteiger charge is -2.37. The molecule has 0 aromatic carbocycles. The monoisotopic (exact) mass is 282 g/mol. The van der Waals surface area contributed by atoms with Gasteiger partial charge >= 0.3 is 5.97 Å². The SMILES string of the molecule is CC(C)OC(=O)CCNC(=O)[C@@]12CCCC[C@H]1CNC2. The molecule has 20 heavy (non-hydrogen) atoms. The summed E-state index contributed by atoms with van der Waals surface area (Å²) in [4.78, 5) is 24.0. The topological polar surface area (TPSA) is 67.4 Å². The van der Waals surface area contributed by atoms with Crippen LogP contribution in [0, 0.1) is 11.3 Å². The first-order chi connectivity index (χ1) is 9.54. The van der Waals surface area contributed by atoms with E-state index < -0.39 is 0 Å². The molecule has 2 aliphatic rings. The molecule has 0 bridgehead atoms. The number of hydrogen-bond acceptors (Lipinski definition) is 4. The third-order valence-corrected chi connectivity index (χ3v) is 4.47. The first-order valence-electron chi connectivity index (χ1n) is 7.73. The highest BCUT2D eigenvalue weighted by atomic mass is 16.5. The molecule has 1 heterocycles. The highest BCUT2D eigenvalue weighted by Crippen LogP contribution is 2.43. The number of ether oxygens (including phenoxy) is 1. The second-order valence-corrected chi connectivity index (χ2v) is 6.27. The maximum atomic E-state index is 12.5. The third-order valence-electron chi connectivity index (χ3n) is 4.47. The molecular formula is C15H26N2O3. The standard InChI is InChI=1S/C15H26N2O3/c1-11(2)20-13(18)6-8-17-14(19)15-7-4-3-5-12(15)9-16-10-15/h11-12,16H,3-10H2,1-2H3,(H,17,19)/t12-,15+/m0/s1. The molecule has 0 spiro atoms. The van der Waals surface area contributed by atoms with E-state index in [0.717, 1.165) is 32.4 Å². The second kappa shape index (κ2) is 6.57. The van der Waals surface area contributed by atoms with Crippen LogP contribution in [0.2, 0.25) is 0 Å². The molecule has 5 heteroatoms. The van der Waals surface area contributed by atoms with E-state index in [1.165, 1.54) is 6.42 Å². The van der Waals surface area contributed by atoms with Gasteiger partial charge < -0.3 is 15.4 Å². The van der Waals surface area contributed by atoms with Crippen LogP contribution in [0.5, 0.6) is 0 Å². The van der Waals surface area contributed by atoms with Gasteiger partial charge in [0.15, 0.2) is 0 Å². The van der Waals surface area contributed by atoms with Gasteiger partial charge in [0.2, 0.25) is 5.91 Å². The van der Waals surface area contributed by atoms with Crippen molar-refractivity contribution < 1.29 is 14.3 Å². The van der Waals surface area contributed by atoms with E-state index in [-0.39, 0.29) is 29.8 Å². The van der Waals surface area contributed by atoms with Crippen molar-refractivity contribution in [3.63, 3.8) is 0 Å². The number of hydrogen-bond donors (Lipinski definition) is 2. The molecule has 0 aromatic heterocycles. The van der Waals surface area contributed by atoms with E-state index in [2.05, 4.69) is 10.6 Å². The molecule has 2 atom stereocenters. The Morgan fingerprint density at radius 3 is 2.95 bits per heavy atom. The molecule has 0 aromatic rings. The van der Waals surface area contributed by atoms with E-state index in [4.69, 9.17) is 4.74 Å². The van der Waals surface area contributed by atoms with Crippen molar-refractivity contribution in [2.75, 3.05) is 19.6 Å². The van der Waals surface area contributed by atoms with Gasteiger partial charge in [-0.3, -0.25) is 9.59 Å². The predicted molar refractivity (Wildman–Crippen MR) is 76.1 cm³/mol. The van der Waals surface area contributed by atoms with E-state index >= 15 is 0 Å². The molecule has 2 rings (SSSR count). The van der Waals surface area contributed by atoms with Crippen LogP contribution in [-0.2, 0) is 14.3 Å². The number of amides is 1. The van der Waals surface area contributed by atoms with Crippen molar-refractivity contribution in [3.8, 4) is 0 Å².